The molecule has 0 spiro atoms. The first-order valence-electron chi connectivity index (χ1n) is 9.45. The van der Waals surface area contributed by atoms with Crippen LogP contribution in [0.4, 0.5) is 0 Å². The molecular formula is C23H19N3O3. The SMILES string of the molecule is O=C(NC(c1ccccc1)c1ccc2nc[nH]c2c1)C1COc2ccccc2O1. The third-order valence-electron chi connectivity index (χ3n) is 5.00. The summed E-state index contributed by atoms with van der Waals surface area (Å²) in [6.07, 6.45) is 0.946. The topological polar surface area (TPSA) is 76.2 Å². The van der Waals surface area contributed by atoms with Crippen molar-refractivity contribution in [1.29, 1.82) is 0 Å². The molecule has 1 amide bonds. The van der Waals surface area contributed by atoms with Crippen LogP contribution in [0.15, 0.2) is 79.1 Å². The number of H-pyrrole nitrogens is 1. The summed E-state index contributed by atoms with van der Waals surface area (Å²) in [5, 5.41) is 3.13. The first-order valence-corrected chi connectivity index (χ1v) is 9.45. The Morgan fingerprint density at radius 1 is 1.00 bits per heavy atom. The van der Waals surface area contributed by atoms with E-state index in [0.29, 0.717) is 11.5 Å². The van der Waals surface area contributed by atoms with Gasteiger partial charge in [-0.05, 0) is 35.4 Å². The molecule has 0 bridgehead atoms. The summed E-state index contributed by atoms with van der Waals surface area (Å²) in [5.41, 5.74) is 3.74. The van der Waals surface area contributed by atoms with E-state index in [1.54, 1.807) is 12.4 Å². The Hall–Kier alpha value is -3.80. The summed E-state index contributed by atoms with van der Waals surface area (Å²) in [5.74, 6) is 1.01. The van der Waals surface area contributed by atoms with Crippen LogP contribution in [0.1, 0.15) is 17.2 Å². The number of para-hydroxylation sites is 2. The molecule has 0 aliphatic carbocycles. The van der Waals surface area contributed by atoms with Crippen molar-refractivity contribution in [3.8, 4) is 11.5 Å². The first kappa shape index (κ1) is 17.3. The zero-order chi connectivity index (χ0) is 19.6. The van der Waals surface area contributed by atoms with Crippen LogP contribution in [0.5, 0.6) is 11.5 Å². The highest BCUT2D eigenvalue weighted by Crippen LogP contribution is 2.31. The van der Waals surface area contributed by atoms with Crippen LogP contribution in [0.3, 0.4) is 0 Å². The molecule has 4 aromatic rings. The van der Waals surface area contributed by atoms with Crippen molar-refractivity contribution in [2.75, 3.05) is 6.61 Å². The molecule has 1 aromatic heterocycles. The summed E-state index contributed by atoms with van der Waals surface area (Å²) in [7, 11) is 0. The molecular weight excluding hydrogens is 366 g/mol. The van der Waals surface area contributed by atoms with Gasteiger partial charge in [-0.2, -0.15) is 0 Å². The van der Waals surface area contributed by atoms with E-state index >= 15 is 0 Å². The number of carbonyl (C=O) groups is 1. The van der Waals surface area contributed by atoms with Gasteiger partial charge in [0.15, 0.2) is 11.5 Å². The Bertz CT molecular complexity index is 1160. The second kappa shape index (κ2) is 7.31. The number of aromatic amines is 1. The highest BCUT2D eigenvalue weighted by molar-refractivity contribution is 5.83. The van der Waals surface area contributed by atoms with Crippen LogP contribution in [0.25, 0.3) is 11.0 Å². The van der Waals surface area contributed by atoms with Crippen LogP contribution in [0, 0.1) is 0 Å². The van der Waals surface area contributed by atoms with E-state index in [9.17, 15) is 4.79 Å². The molecule has 6 nitrogen and oxygen atoms in total. The molecule has 2 N–H and O–H groups in total. The van der Waals surface area contributed by atoms with Crippen LogP contribution >= 0.6 is 0 Å². The number of hydrogen-bond acceptors (Lipinski definition) is 4. The first-order chi connectivity index (χ1) is 14.3. The van der Waals surface area contributed by atoms with Crippen LogP contribution in [-0.4, -0.2) is 28.6 Å². The van der Waals surface area contributed by atoms with E-state index in [1.165, 1.54) is 0 Å². The van der Waals surface area contributed by atoms with Gasteiger partial charge >= 0.3 is 0 Å². The van der Waals surface area contributed by atoms with Crippen LogP contribution in [-0.2, 0) is 4.79 Å². The maximum atomic E-state index is 13.0. The van der Waals surface area contributed by atoms with E-state index < -0.39 is 6.10 Å². The average molecular weight is 385 g/mol. The molecule has 2 atom stereocenters. The molecule has 29 heavy (non-hydrogen) atoms. The third kappa shape index (κ3) is 3.40. The summed E-state index contributed by atoms with van der Waals surface area (Å²) < 4.78 is 11.6. The Morgan fingerprint density at radius 3 is 2.66 bits per heavy atom. The van der Waals surface area contributed by atoms with Crippen molar-refractivity contribution in [3.05, 3.63) is 90.3 Å². The number of rotatable bonds is 4. The predicted molar refractivity (Wildman–Crippen MR) is 109 cm³/mol. The fourth-order valence-electron chi connectivity index (χ4n) is 3.52. The second-order valence-electron chi connectivity index (χ2n) is 6.90. The average Bonchev–Trinajstić information content (AvgIpc) is 3.25. The summed E-state index contributed by atoms with van der Waals surface area (Å²) in [4.78, 5) is 20.4. The highest BCUT2D eigenvalue weighted by Gasteiger charge is 2.29. The smallest absolute Gasteiger partial charge is 0.265 e. The van der Waals surface area contributed by atoms with Gasteiger partial charge in [-0.15, -0.1) is 0 Å². The Kier molecular flexibility index (Phi) is 4.37. The minimum Gasteiger partial charge on any atom is -0.485 e. The third-order valence-corrected chi connectivity index (χ3v) is 5.00. The molecule has 6 heteroatoms. The molecule has 5 rings (SSSR count). The van der Waals surface area contributed by atoms with Crippen LogP contribution < -0.4 is 14.8 Å². The van der Waals surface area contributed by atoms with Gasteiger partial charge in [-0.3, -0.25) is 4.79 Å². The Balaban J connectivity index is 1.43. The number of benzene rings is 3. The van der Waals surface area contributed by atoms with Gasteiger partial charge in [-0.1, -0.05) is 48.5 Å². The molecule has 0 saturated carbocycles. The standard InChI is InChI=1S/C23H19N3O3/c27-23(21-13-28-19-8-4-5-9-20(19)29-21)26-22(15-6-2-1-3-7-15)16-10-11-17-18(12-16)25-14-24-17/h1-12,14,21-22H,13H2,(H,24,25)(H,26,27). The van der Waals surface area contributed by atoms with Crippen molar-refractivity contribution in [2.24, 2.45) is 0 Å². The van der Waals surface area contributed by atoms with Gasteiger partial charge in [0, 0.05) is 0 Å². The largest absolute Gasteiger partial charge is 0.485 e. The fraction of sp³-hybridized carbons (Fsp3) is 0.130. The Morgan fingerprint density at radius 2 is 1.79 bits per heavy atom. The van der Waals surface area contributed by atoms with Crippen molar-refractivity contribution < 1.29 is 14.3 Å². The summed E-state index contributed by atoms with van der Waals surface area (Å²) in [6, 6.07) is 22.8. The Labute approximate surface area is 167 Å². The minimum atomic E-state index is -0.716. The zero-order valence-electron chi connectivity index (χ0n) is 15.5. The van der Waals surface area contributed by atoms with Gasteiger partial charge in [0.1, 0.15) is 6.61 Å². The predicted octanol–water partition coefficient (Wildman–Crippen LogP) is 3.61. The molecule has 0 radical (unpaired) electrons. The van der Waals surface area contributed by atoms with Crippen molar-refractivity contribution in [2.45, 2.75) is 12.1 Å². The number of nitrogens with zero attached hydrogens (tertiary/aromatic N) is 1. The second-order valence-corrected chi connectivity index (χ2v) is 6.90. The lowest BCUT2D eigenvalue weighted by Gasteiger charge is -2.28. The number of imidazole rings is 1. The molecule has 0 saturated heterocycles. The van der Waals surface area contributed by atoms with Crippen molar-refractivity contribution in [1.82, 2.24) is 15.3 Å². The van der Waals surface area contributed by atoms with Gasteiger partial charge in [-0.25, -0.2) is 4.98 Å². The molecule has 0 fully saturated rings. The normalized spacial score (nSPS) is 16.3. The van der Waals surface area contributed by atoms with E-state index in [-0.39, 0.29) is 18.6 Å². The minimum absolute atomic E-state index is 0.171. The van der Waals surface area contributed by atoms with Crippen molar-refractivity contribution in [3.63, 3.8) is 0 Å². The summed E-state index contributed by atoms with van der Waals surface area (Å²) in [6.45, 7) is 0.171. The fourth-order valence-corrected chi connectivity index (χ4v) is 3.52. The monoisotopic (exact) mass is 385 g/mol. The van der Waals surface area contributed by atoms with Crippen LogP contribution in [0.2, 0.25) is 0 Å². The molecule has 2 heterocycles. The van der Waals surface area contributed by atoms with Crippen molar-refractivity contribution >= 4 is 16.9 Å². The number of hydrogen-bond donors (Lipinski definition) is 2. The number of fused-ring (bicyclic) bond motifs is 2. The number of aromatic nitrogens is 2. The van der Waals surface area contributed by atoms with E-state index in [2.05, 4.69) is 15.3 Å². The lowest BCUT2D eigenvalue weighted by atomic mass is 9.98. The lowest BCUT2D eigenvalue weighted by Crippen LogP contribution is -2.45. The molecule has 1 aliphatic rings. The number of carbonyl (C=O) groups excluding carboxylic acids is 1. The van der Waals surface area contributed by atoms with Gasteiger partial charge < -0.3 is 19.8 Å². The molecule has 2 unspecified atom stereocenters. The molecule has 144 valence electrons. The maximum Gasteiger partial charge on any atom is 0.265 e. The number of nitrogens with one attached hydrogen (secondary N) is 2. The van der Waals surface area contributed by atoms with Gasteiger partial charge in [0.2, 0.25) is 6.10 Å². The quantitative estimate of drug-likeness (QED) is 0.563. The summed E-state index contributed by atoms with van der Waals surface area (Å²) >= 11 is 0. The number of amides is 1. The molecule has 1 aliphatic heterocycles. The zero-order valence-corrected chi connectivity index (χ0v) is 15.5. The van der Waals surface area contributed by atoms with E-state index in [0.717, 1.165) is 22.2 Å². The molecule has 3 aromatic carbocycles. The maximum absolute atomic E-state index is 13.0. The van der Waals surface area contributed by atoms with Gasteiger partial charge in [0.05, 0.1) is 23.4 Å². The van der Waals surface area contributed by atoms with E-state index in [1.807, 2.05) is 66.7 Å². The van der Waals surface area contributed by atoms with E-state index in [4.69, 9.17) is 9.47 Å². The highest BCUT2D eigenvalue weighted by atomic mass is 16.6. The van der Waals surface area contributed by atoms with Gasteiger partial charge in [0.25, 0.3) is 5.91 Å². The number of ether oxygens (including phenoxy) is 2. The lowest BCUT2D eigenvalue weighted by molar-refractivity contribution is -0.130.